The minimum absolute atomic E-state index is 0.0862. The van der Waals surface area contributed by atoms with Gasteiger partial charge in [0.2, 0.25) is 5.16 Å². The third-order valence-electron chi connectivity index (χ3n) is 5.26. The number of likely N-dealkylation sites (N-methyl/N-ethyl adjacent to an activating group) is 1. The van der Waals surface area contributed by atoms with Crippen LogP contribution in [0.2, 0.25) is 0 Å². The molecular weight excluding hydrogens is 346 g/mol. The first-order valence-corrected chi connectivity index (χ1v) is 9.81. The maximum atomic E-state index is 12.9. The van der Waals surface area contributed by atoms with E-state index in [2.05, 4.69) is 52.5 Å². The van der Waals surface area contributed by atoms with E-state index < -0.39 is 0 Å². The first-order chi connectivity index (χ1) is 12.4. The van der Waals surface area contributed by atoms with Crippen molar-refractivity contribution in [2.24, 2.45) is 0 Å². The van der Waals surface area contributed by atoms with Crippen molar-refractivity contribution in [2.45, 2.75) is 55.5 Å². The lowest BCUT2D eigenvalue weighted by atomic mass is 9.83. The van der Waals surface area contributed by atoms with Crippen LogP contribution in [0.5, 0.6) is 0 Å². The lowest BCUT2D eigenvalue weighted by Gasteiger charge is -2.24. The molecule has 0 saturated heterocycles. The van der Waals surface area contributed by atoms with Gasteiger partial charge in [-0.2, -0.15) is 0 Å². The highest BCUT2D eigenvalue weighted by atomic mass is 32.2. The molecule has 1 saturated carbocycles. The highest BCUT2D eigenvalue weighted by Crippen LogP contribution is 2.46. The van der Waals surface area contributed by atoms with Crippen molar-refractivity contribution in [3.8, 4) is 0 Å². The molecule has 1 aromatic carbocycles. The number of benzene rings is 1. The van der Waals surface area contributed by atoms with E-state index in [1.54, 1.807) is 6.08 Å². The van der Waals surface area contributed by atoms with Gasteiger partial charge in [0.25, 0.3) is 0 Å². The smallest absolute Gasteiger partial charge is 0.210 e. The van der Waals surface area contributed by atoms with E-state index in [1.807, 2.05) is 24.7 Å². The summed E-state index contributed by atoms with van der Waals surface area (Å²) in [6, 6.07) is 8.73. The fourth-order valence-corrected chi connectivity index (χ4v) is 4.42. The number of carbonyl (C=O) groups excluding carboxylic acids is 1. The van der Waals surface area contributed by atoms with Crippen molar-refractivity contribution in [1.82, 2.24) is 20.2 Å². The number of fused-ring (bicyclic) bond motifs is 1. The molecule has 0 spiro atoms. The second-order valence-corrected chi connectivity index (χ2v) is 8.84. The summed E-state index contributed by atoms with van der Waals surface area (Å²) in [4.78, 5) is 15.0. The average molecular weight is 369 g/mol. The molecule has 1 aliphatic carbocycles. The Morgan fingerprint density at radius 1 is 1.35 bits per heavy atom. The quantitative estimate of drug-likeness (QED) is 0.595. The fraction of sp³-hybridized carbons (Fsp3) is 0.474. The number of carbonyl (C=O) groups is 1. The van der Waals surface area contributed by atoms with E-state index in [9.17, 15) is 4.79 Å². The van der Waals surface area contributed by atoms with Crippen molar-refractivity contribution >= 4 is 23.2 Å². The molecule has 2 aliphatic rings. The molecular formula is C19H23N5OS. The molecule has 136 valence electrons. The second-order valence-electron chi connectivity index (χ2n) is 7.53. The van der Waals surface area contributed by atoms with Gasteiger partial charge in [0.05, 0.1) is 11.3 Å². The highest BCUT2D eigenvalue weighted by molar-refractivity contribution is 8.00. The average Bonchev–Trinajstić information content (AvgIpc) is 3.33. The summed E-state index contributed by atoms with van der Waals surface area (Å²) in [6.45, 7) is 6.25. The summed E-state index contributed by atoms with van der Waals surface area (Å²) in [5.74, 6) is 0.0862. The Morgan fingerprint density at radius 2 is 2.08 bits per heavy atom. The van der Waals surface area contributed by atoms with Gasteiger partial charge < -0.3 is 4.90 Å². The lowest BCUT2D eigenvalue weighted by molar-refractivity contribution is -0.114. The molecule has 1 atom stereocenters. The SMILES string of the molecule is CC(Sc1nnnn1C1CC1)C(=O)/C=C1\N(C)c2ccccc2C1(C)C. The minimum atomic E-state index is -0.237. The Kier molecular flexibility index (Phi) is 4.14. The zero-order chi connectivity index (χ0) is 18.5. The van der Waals surface area contributed by atoms with Crippen LogP contribution in [0.15, 0.2) is 41.2 Å². The summed E-state index contributed by atoms with van der Waals surface area (Å²) < 4.78 is 1.85. The number of allylic oxidation sites excluding steroid dienone is 2. The molecule has 4 rings (SSSR count). The van der Waals surface area contributed by atoms with Gasteiger partial charge in [0, 0.05) is 29.9 Å². The molecule has 2 heterocycles. The van der Waals surface area contributed by atoms with Crippen LogP contribution < -0.4 is 4.90 Å². The largest absolute Gasteiger partial charge is 0.347 e. The van der Waals surface area contributed by atoms with E-state index in [1.165, 1.54) is 17.3 Å². The predicted octanol–water partition coefficient (Wildman–Crippen LogP) is 3.37. The fourth-order valence-electron chi connectivity index (χ4n) is 3.54. The Bertz CT molecular complexity index is 884. The van der Waals surface area contributed by atoms with Crippen LogP contribution in [-0.2, 0) is 10.2 Å². The van der Waals surface area contributed by atoms with Crippen LogP contribution in [0.3, 0.4) is 0 Å². The van der Waals surface area contributed by atoms with Crippen LogP contribution in [-0.4, -0.2) is 38.3 Å². The predicted molar refractivity (Wildman–Crippen MR) is 102 cm³/mol. The van der Waals surface area contributed by atoms with Gasteiger partial charge in [-0.15, -0.1) is 5.10 Å². The van der Waals surface area contributed by atoms with Gasteiger partial charge in [-0.05, 0) is 41.8 Å². The van der Waals surface area contributed by atoms with Crippen LogP contribution in [0.25, 0.3) is 0 Å². The van der Waals surface area contributed by atoms with Crippen LogP contribution in [0.1, 0.15) is 45.2 Å². The summed E-state index contributed by atoms with van der Waals surface area (Å²) >= 11 is 1.44. The van der Waals surface area contributed by atoms with Crippen molar-refractivity contribution in [2.75, 3.05) is 11.9 Å². The first kappa shape index (κ1) is 17.3. The molecule has 0 bridgehead atoms. The molecule has 7 heteroatoms. The monoisotopic (exact) mass is 369 g/mol. The highest BCUT2D eigenvalue weighted by Gasteiger charge is 2.39. The van der Waals surface area contributed by atoms with E-state index in [-0.39, 0.29) is 16.4 Å². The number of thioether (sulfide) groups is 1. The topological polar surface area (TPSA) is 63.9 Å². The van der Waals surface area contributed by atoms with Crippen LogP contribution >= 0.6 is 11.8 Å². The van der Waals surface area contributed by atoms with E-state index in [0.717, 1.165) is 29.4 Å². The normalized spacial score (nSPS) is 21.1. The zero-order valence-corrected chi connectivity index (χ0v) is 16.3. The summed E-state index contributed by atoms with van der Waals surface area (Å²) in [6.07, 6.45) is 4.02. The maximum absolute atomic E-state index is 12.9. The first-order valence-electron chi connectivity index (χ1n) is 8.93. The zero-order valence-electron chi connectivity index (χ0n) is 15.5. The molecule has 1 aliphatic heterocycles. The number of tetrazole rings is 1. The summed E-state index contributed by atoms with van der Waals surface area (Å²) in [7, 11) is 2.03. The number of hydrogen-bond donors (Lipinski definition) is 0. The number of anilines is 1. The van der Waals surface area contributed by atoms with Gasteiger partial charge in [0.15, 0.2) is 5.78 Å². The molecule has 1 fully saturated rings. The van der Waals surface area contributed by atoms with Gasteiger partial charge in [0.1, 0.15) is 0 Å². The van der Waals surface area contributed by atoms with Crippen molar-refractivity contribution in [1.29, 1.82) is 0 Å². The molecule has 26 heavy (non-hydrogen) atoms. The third-order valence-corrected chi connectivity index (χ3v) is 6.32. The molecule has 6 nitrogen and oxygen atoms in total. The van der Waals surface area contributed by atoms with Gasteiger partial charge >= 0.3 is 0 Å². The standard InChI is InChI=1S/C19H23N5OS/c1-12(26-18-20-21-22-24(18)13-9-10-13)16(25)11-17-19(2,3)14-7-5-6-8-15(14)23(17)4/h5-8,11-13H,9-10H2,1-4H3/b17-11-. The minimum Gasteiger partial charge on any atom is -0.347 e. The molecule has 2 aromatic rings. The second kappa shape index (κ2) is 6.23. The Balaban J connectivity index is 1.56. The number of ketones is 1. The van der Waals surface area contributed by atoms with Crippen molar-refractivity contribution in [3.63, 3.8) is 0 Å². The number of para-hydroxylation sites is 1. The molecule has 0 amide bonds. The van der Waals surface area contributed by atoms with E-state index in [0.29, 0.717) is 6.04 Å². The maximum Gasteiger partial charge on any atom is 0.210 e. The summed E-state index contributed by atoms with van der Waals surface area (Å²) in [5.41, 5.74) is 3.24. The number of aromatic nitrogens is 4. The van der Waals surface area contributed by atoms with E-state index in [4.69, 9.17) is 0 Å². The van der Waals surface area contributed by atoms with Crippen molar-refractivity contribution in [3.05, 3.63) is 41.6 Å². The Morgan fingerprint density at radius 3 is 2.77 bits per heavy atom. The van der Waals surface area contributed by atoms with Crippen LogP contribution in [0.4, 0.5) is 5.69 Å². The number of nitrogens with zero attached hydrogens (tertiary/aromatic N) is 5. The molecule has 1 aromatic heterocycles. The van der Waals surface area contributed by atoms with E-state index >= 15 is 0 Å². The Labute approximate surface area is 157 Å². The lowest BCUT2D eigenvalue weighted by Crippen LogP contribution is -2.25. The third kappa shape index (κ3) is 2.84. The van der Waals surface area contributed by atoms with Gasteiger partial charge in [-0.25, -0.2) is 4.68 Å². The van der Waals surface area contributed by atoms with Gasteiger partial charge in [-0.3, -0.25) is 4.79 Å². The Hall–Kier alpha value is -2.15. The molecule has 0 radical (unpaired) electrons. The van der Waals surface area contributed by atoms with Crippen LogP contribution in [0, 0.1) is 0 Å². The molecule has 1 unspecified atom stereocenters. The van der Waals surface area contributed by atoms with Crippen molar-refractivity contribution < 1.29 is 4.79 Å². The number of hydrogen-bond acceptors (Lipinski definition) is 6. The van der Waals surface area contributed by atoms with Gasteiger partial charge in [-0.1, -0.05) is 43.8 Å². The number of rotatable bonds is 5. The molecule has 0 N–H and O–H groups in total. The summed E-state index contributed by atoms with van der Waals surface area (Å²) in [5, 5.41) is 12.4.